The highest BCUT2D eigenvalue weighted by atomic mass is 16.3. The first-order chi connectivity index (χ1) is 21.7. The van der Waals surface area contributed by atoms with Crippen LogP contribution in [0.4, 0.5) is 0 Å². The molecule has 5 atom stereocenters. The molecule has 246 valence electrons. The van der Waals surface area contributed by atoms with Crippen LogP contribution in [0, 0.1) is 0 Å². The highest BCUT2D eigenvalue weighted by molar-refractivity contribution is 6.22. The van der Waals surface area contributed by atoms with Crippen LogP contribution in [-0.4, -0.2) is 76.6 Å². The van der Waals surface area contributed by atoms with Gasteiger partial charge in [-0.15, -0.1) is 0 Å². The molecular formula is C34H50N6O5. The van der Waals surface area contributed by atoms with Gasteiger partial charge in [-0.05, 0) is 58.8 Å². The van der Waals surface area contributed by atoms with Crippen molar-refractivity contribution in [2.45, 2.75) is 102 Å². The van der Waals surface area contributed by atoms with Gasteiger partial charge in [0.1, 0.15) is 12.1 Å². The van der Waals surface area contributed by atoms with Crippen LogP contribution < -0.4 is 21.3 Å². The number of rotatable bonds is 18. The SMILES string of the molecule is CC/C=C\C/C=C\C/C=C\C/C=C\C/C=C\C/C=C\CCC(=O)NC(C)C(=O)NC1=NC2=NC[C@H]([C@@H](O)[C@H](C)O)NC2C(=O)N1. The Morgan fingerprint density at radius 1 is 0.889 bits per heavy atom. The van der Waals surface area contributed by atoms with E-state index in [1.54, 1.807) is 6.92 Å². The van der Waals surface area contributed by atoms with Crippen LogP contribution in [0.3, 0.4) is 0 Å². The van der Waals surface area contributed by atoms with E-state index in [0.29, 0.717) is 6.42 Å². The Balaban J connectivity index is 1.60. The topological polar surface area (TPSA) is 165 Å². The fraction of sp³-hybridized carbons (Fsp3) is 0.500. The Labute approximate surface area is 267 Å². The average molecular weight is 623 g/mol. The van der Waals surface area contributed by atoms with Crippen LogP contribution in [0.25, 0.3) is 0 Å². The van der Waals surface area contributed by atoms with E-state index in [2.05, 4.69) is 98.9 Å². The van der Waals surface area contributed by atoms with Crippen LogP contribution in [0.1, 0.15) is 72.1 Å². The number of carbonyl (C=O) groups is 3. The minimum atomic E-state index is -1.10. The third-order valence-electron chi connectivity index (χ3n) is 6.87. The predicted molar refractivity (Wildman–Crippen MR) is 179 cm³/mol. The maximum atomic E-state index is 12.6. The zero-order valence-electron chi connectivity index (χ0n) is 26.7. The number of hydrogen-bond acceptors (Lipinski definition) is 8. The van der Waals surface area contributed by atoms with Gasteiger partial charge in [-0.1, -0.05) is 79.8 Å². The summed E-state index contributed by atoms with van der Waals surface area (Å²) in [7, 11) is 0. The number of nitrogens with one attached hydrogen (secondary N) is 4. The first-order valence-electron chi connectivity index (χ1n) is 15.8. The van der Waals surface area contributed by atoms with Crippen molar-refractivity contribution >= 4 is 29.5 Å². The summed E-state index contributed by atoms with van der Waals surface area (Å²) in [5, 5.41) is 30.2. The molecule has 0 fully saturated rings. The minimum Gasteiger partial charge on any atom is -0.391 e. The molecule has 0 spiro atoms. The second kappa shape index (κ2) is 21.7. The molecule has 0 bridgehead atoms. The maximum Gasteiger partial charge on any atom is 0.251 e. The summed E-state index contributed by atoms with van der Waals surface area (Å²) in [5.74, 6) is -1.24. The van der Waals surface area contributed by atoms with E-state index < -0.39 is 42.1 Å². The Hall–Kier alpha value is -3.93. The zero-order chi connectivity index (χ0) is 32.9. The van der Waals surface area contributed by atoms with Crippen molar-refractivity contribution < 1.29 is 24.6 Å². The maximum absolute atomic E-state index is 12.6. The predicted octanol–water partition coefficient (Wildman–Crippen LogP) is 3.05. The van der Waals surface area contributed by atoms with Gasteiger partial charge < -0.3 is 15.5 Å². The van der Waals surface area contributed by atoms with E-state index in [1.807, 2.05) is 12.2 Å². The van der Waals surface area contributed by atoms with Crippen molar-refractivity contribution in [3.8, 4) is 0 Å². The molecule has 3 amide bonds. The molecule has 11 nitrogen and oxygen atoms in total. The van der Waals surface area contributed by atoms with E-state index >= 15 is 0 Å². The fourth-order valence-corrected chi connectivity index (χ4v) is 4.31. The molecule has 2 rings (SSSR count). The number of allylic oxidation sites excluding steroid dienone is 12. The summed E-state index contributed by atoms with van der Waals surface area (Å²) in [5.41, 5.74) is 0. The van der Waals surface area contributed by atoms with Gasteiger partial charge in [-0.25, -0.2) is 0 Å². The fourth-order valence-electron chi connectivity index (χ4n) is 4.31. The number of guanidine groups is 1. The largest absolute Gasteiger partial charge is 0.391 e. The molecule has 0 saturated carbocycles. The van der Waals surface area contributed by atoms with Crippen molar-refractivity contribution in [3.05, 3.63) is 72.9 Å². The van der Waals surface area contributed by atoms with Gasteiger partial charge in [0, 0.05) is 6.42 Å². The van der Waals surface area contributed by atoms with Crippen LogP contribution in [-0.2, 0) is 14.4 Å². The molecule has 45 heavy (non-hydrogen) atoms. The molecule has 6 N–H and O–H groups in total. The monoisotopic (exact) mass is 622 g/mol. The van der Waals surface area contributed by atoms with E-state index in [4.69, 9.17) is 0 Å². The quantitative estimate of drug-likeness (QED) is 0.129. The second-order valence-electron chi connectivity index (χ2n) is 10.8. The van der Waals surface area contributed by atoms with Gasteiger partial charge in [0.25, 0.3) is 5.91 Å². The molecule has 0 radical (unpaired) electrons. The molecule has 0 aromatic carbocycles. The molecule has 2 aliphatic rings. The lowest BCUT2D eigenvalue weighted by atomic mass is 10.0. The highest BCUT2D eigenvalue weighted by Crippen LogP contribution is 2.11. The molecule has 2 aliphatic heterocycles. The standard InChI is InChI=1S/C34H50N6O5/c1-4-5-6-7-8-9-10-11-12-13-14-15-16-17-18-19-20-21-22-23-28(42)36-25(2)32(44)39-34-38-31-29(33(45)40-34)37-27(24-35-31)30(43)26(3)41/h5-6,8-9,11-12,14-15,17-18,20-21,25-27,29-30,37,41,43H,4,7,10,13,16,19,22-24H2,1-3H3,(H,36,42)(H2,35,38,39,40,44,45)/b6-5-,9-8-,12-11-,15-14-,18-17-,21-20-/t25?,26-,27+,29?,30-/m0/s1. The molecule has 2 unspecified atom stereocenters. The molecular weight excluding hydrogens is 572 g/mol. The Morgan fingerprint density at radius 3 is 1.96 bits per heavy atom. The van der Waals surface area contributed by atoms with Crippen molar-refractivity contribution in [2.75, 3.05) is 6.54 Å². The number of amidine groups is 1. The van der Waals surface area contributed by atoms with Gasteiger partial charge in [-0.2, -0.15) is 4.99 Å². The minimum absolute atomic E-state index is 0.0876. The molecule has 2 heterocycles. The van der Waals surface area contributed by atoms with Crippen molar-refractivity contribution in [1.29, 1.82) is 0 Å². The van der Waals surface area contributed by atoms with Crippen LogP contribution in [0.15, 0.2) is 82.9 Å². The van der Waals surface area contributed by atoms with Crippen molar-refractivity contribution in [1.82, 2.24) is 21.3 Å². The summed E-state index contributed by atoms with van der Waals surface area (Å²) < 4.78 is 0. The summed E-state index contributed by atoms with van der Waals surface area (Å²) in [6, 6.07) is -2.37. The highest BCUT2D eigenvalue weighted by Gasteiger charge is 2.38. The summed E-state index contributed by atoms with van der Waals surface area (Å²) in [6.45, 7) is 5.24. The number of nitrogens with zero attached hydrogens (tertiary/aromatic N) is 2. The molecule has 0 aromatic heterocycles. The number of aliphatic imine (C=N–C) groups is 2. The number of amides is 3. The average Bonchev–Trinajstić information content (AvgIpc) is 3.01. The van der Waals surface area contributed by atoms with E-state index in [9.17, 15) is 24.6 Å². The first kappa shape index (κ1) is 37.3. The molecule has 11 heteroatoms. The van der Waals surface area contributed by atoms with E-state index in [1.165, 1.54) is 6.92 Å². The normalized spacial score (nSPS) is 21.0. The Bertz CT molecular complexity index is 1200. The number of aliphatic hydroxyl groups excluding tert-OH is 2. The van der Waals surface area contributed by atoms with Crippen LogP contribution in [0.2, 0.25) is 0 Å². The lowest BCUT2D eigenvalue weighted by molar-refractivity contribution is -0.127. The lowest BCUT2D eigenvalue weighted by Crippen LogP contribution is -2.65. The Morgan fingerprint density at radius 2 is 1.42 bits per heavy atom. The first-order valence-corrected chi connectivity index (χ1v) is 15.8. The Kier molecular flexibility index (Phi) is 18.0. The molecule has 0 aliphatic carbocycles. The summed E-state index contributed by atoms with van der Waals surface area (Å²) in [4.78, 5) is 45.8. The molecule has 0 aromatic rings. The van der Waals surface area contributed by atoms with E-state index in [0.717, 1.165) is 38.5 Å². The lowest BCUT2D eigenvalue weighted by Gasteiger charge is -2.34. The number of aliphatic hydroxyl groups is 2. The summed E-state index contributed by atoms with van der Waals surface area (Å²) >= 11 is 0. The second-order valence-corrected chi connectivity index (χ2v) is 10.8. The molecule has 0 saturated heterocycles. The third-order valence-corrected chi connectivity index (χ3v) is 6.87. The number of carbonyl (C=O) groups excluding carboxylic acids is 3. The van der Waals surface area contributed by atoms with Gasteiger partial charge in [0.2, 0.25) is 17.8 Å². The zero-order valence-corrected chi connectivity index (χ0v) is 26.7. The third kappa shape index (κ3) is 15.1. The van der Waals surface area contributed by atoms with Crippen molar-refractivity contribution in [2.24, 2.45) is 9.98 Å². The summed E-state index contributed by atoms with van der Waals surface area (Å²) in [6.07, 6.45) is 29.9. The van der Waals surface area contributed by atoms with Crippen LogP contribution in [0.5, 0.6) is 0 Å². The van der Waals surface area contributed by atoms with Crippen molar-refractivity contribution in [3.63, 3.8) is 0 Å². The van der Waals surface area contributed by atoms with Gasteiger partial charge >= 0.3 is 0 Å². The van der Waals surface area contributed by atoms with Crippen LogP contribution >= 0.6 is 0 Å². The smallest absolute Gasteiger partial charge is 0.251 e. The van der Waals surface area contributed by atoms with Gasteiger partial charge in [0.05, 0.1) is 24.8 Å². The number of fused-ring (bicyclic) bond motifs is 1. The van der Waals surface area contributed by atoms with Gasteiger partial charge in [0.15, 0.2) is 5.84 Å². The number of hydrogen-bond donors (Lipinski definition) is 6. The van der Waals surface area contributed by atoms with Gasteiger partial charge in [-0.3, -0.25) is 35.3 Å². The van der Waals surface area contributed by atoms with E-state index in [-0.39, 0.29) is 30.7 Å².